The molecule has 25 heavy (non-hydrogen) atoms. The van der Waals surface area contributed by atoms with E-state index in [0.717, 1.165) is 23.1 Å². The molecule has 0 atom stereocenters. The number of carbonyl (C=O) groups is 1. The van der Waals surface area contributed by atoms with Crippen molar-refractivity contribution in [3.8, 4) is 0 Å². The first-order valence-electron chi connectivity index (χ1n) is 8.18. The van der Waals surface area contributed by atoms with Crippen LogP contribution in [0, 0.1) is 5.82 Å². The Labute approximate surface area is 149 Å². The predicted octanol–water partition coefficient (Wildman–Crippen LogP) is 4.48. The molecule has 0 bridgehead atoms. The Bertz CT molecular complexity index is 957. The van der Waals surface area contributed by atoms with Gasteiger partial charge in [0.15, 0.2) is 4.80 Å². The van der Waals surface area contributed by atoms with Gasteiger partial charge in [-0.05, 0) is 36.6 Å². The molecule has 128 valence electrons. The Hall–Kier alpha value is -2.53. The van der Waals surface area contributed by atoms with E-state index < -0.39 is 0 Å². The summed E-state index contributed by atoms with van der Waals surface area (Å²) >= 11 is 1.32. The number of aromatic nitrogens is 1. The van der Waals surface area contributed by atoms with Gasteiger partial charge in [0.05, 0.1) is 10.2 Å². The van der Waals surface area contributed by atoms with Crippen LogP contribution in [0.15, 0.2) is 66.2 Å². The minimum absolute atomic E-state index is 0.152. The van der Waals surface area contributed by atoms with Gasteiger partial charge in [0.2, 0.25) is 5.91 Å². The summed E-state index contributed by atoms with van der Waals surface area (Å²) < 4.78 is 16.1. The third-order valence-electron chi connectivity index (χ3n) is 3.88. The van der Waals surface area contributed by atoms with Gasteiger partial charge in [-0.15, -0.1) is 6.58 Å². The number of thiazole rings is 1. The molecule has 0 aliphatic heterocycles. The minimum atomic E-state index is -0.291. The van der Waals surface area contributed by atoms with Crippen molar-refractivity contribution in [1.29, 1.82) is 0 Å². The van der Waals surface area contributed by atoms with Crippen molar-refractivity contribution in [3.63, 3.8) is 0 Å². The maximum absolute atomic E-state index is 13.4. The molecule has 0 N–H and O–H groups in total. The van der Waals surface area contributed by atoms with Crippen LogP contribution in [0.25, 0.3) is 10.2 Å². The van der Waals surface area contributed by atoms with Crippen LogP contribution in [0.1, 0.15) is 18.4 Å². The fourth-order valence-corrected chi connectivity index (χ4v) is 3.77. The summed E-state index contributed by atoms with van der Waals surface area (Å²) in [5.41, 5.74) is 2.08. The molecule has 0 unspecified atom stereocenters. The topological polar surface area (TPSA) is 34.4 Å². The summed E-state index contributed by atoms with van der Waals surface area (Å²) in [5, 5.41) is 0. The zero-order valence-electron chi connectivity index (χ0n) is 13.8. The summed E-state index contributed by atoms with van der Waals surface area (Å²) in [4.78, 5) is 17.1. The molecular weight excluding hydrogens is 335 g/mol. The van der Waals surface area contributed by atoms with Crippen molar-refractivity contribution in [3.05, 3.63) is 77.4 Å². The average molecular weight is 354 g/mol. The lowest BCUT2D eigenvalue weighted by atomic mass is 10.1. The van der Waals surface area contributed by atoms with Crippen LogP contribution < -0.4 is 4.80 Å². The number of carbonyl (C=O) groups excluding carboxylic acids is 1. The second-order valence-electron chi connectivity index (χ2n) is 5.74. The van der Waals surface area contributed by atoms with Gasteiger partial charge in [-0.3, -0.25) is 4.79 Å². The number of nitrogens with zero attached hydrogens (tertiary/aromatic N) is 2. The van der Waals surface area contributed by atoms with Crippen molar-refractivity contribution >= 4 is 27.5 Å². The summed E-state index contributed by atoms with van der Waals surface area (Å²) in [6.07, 6.45) is 3.75. The largest absolute Gasteiger partial charge is 0.313 e. The Morgan fingerprint density at radius 2 is 2.04 bits per heavy atom. The predicted molar refractivity (Wildman–Crippen MR) is 99.9 cm³/mol. The first kappa shape index (κ1) is 17.3. The molecule has 0 saturated carbocycles. The zero-order chi connectivity index (χ0) is 17.6. The molecule has 1 amide bonds. The number of benzene rings is 2. The third kappa shape index (κ3) is 4.31. The standard InChI is InChI=1S/C20H19FN2OS/c1-2-13-23-17-12-11-16(21)14-18(17)25-20(23)22-19(24)10-6-9-15-7-4-3-5-8-15/h2-5,7-8,11-12,14H,1,6,9-10,13H2. The molecule has 1 aromatic heterocycles. The molecule has 0 aliphatic rings. The first-order chi connectivity index (χ1) is 12.2. The van der Waals surface area contributed by atoms with Gasteiger partial charge in [-0.1, -0.05) is 47.7 Å². The highest BCUT2D eigenvalue weighted by Gasteiger charge is 2.08. The lowest BCUT2D eigenvalue weighted by Gasteiger charge is -2.01. The Balaban J connectivity index is 1.78. The van der Waals surface area contributed by atoms with Crippen molar-refractivity contribution in [2.45, 2.75) is 25.8 Å². The van der Waals surface area contributed by atoms with Crippen LogP contribution >= 0.6 is 11.3 Å². The number of allylic oxidation sites excluding steroid dienone is 1. The molecule has 0 fully saturated rings. The quantitative estimate of drug-likeness (QED) is 0.601. The van der Waals surface area contributed by atoms with Crippen LogP contribution in [0.5, 0.6) is 0 Å². The number of hydrogen-bond donors (Lipinski definition) is 0. The van der Waals surface area contributed by atoms with Crippen molar-refractivity contribution in [2.75, 3.05) is 0 Å². The van der Waals surface area contributed by atoms with E-state index in [4.69, 9.17) is 0 Å². The van der Waals surface area contributed by atoms with Crippen molar-refractivity contribution < 1.29 is 9.18 Å². The van der Waals surface area contributed by atoms with Gasteiger partial charge in [-0.25, -0.2) is 4.39 Å². The molecular formula is C20H19FN2OS. The average Bonchev–Trinajstić information content (AvgIpc) is 2.92. The third-order valence-corrected chi connectivity index (χ3v) is 4.92. The van der Waals surface area contributed by atoms with Crippen LogP contribution in [0.3, 0.4) is 0 Å². The lowest BCUT2D eigenvalue weighted by Crippen LogP contribution is -2.16. The molecule has 0 saturated heterocycles. The second kappa shape index (κ2) is 8.03. The Kier molecular flexibility index (Phi) is 5.56. The number of amides is 1. The van der Waals surface area contributed by atoms with Gasteiger partial charge in [0.1, 0.15) is 5.82 Å². The van der Waals surface area contributed by atoms with Crippen LogP contribution in [-0.2, 0) is 17.8 Å². The van der Waals surface area contributed by atoms with E-state index in [1.165, 1.54) is 29.0 Å². The highest BCUT2D eigenvalue weighted by molar-refractivity contribution is 7.16. The molecule has 0 aliphatic carbocycles. The second-order valence-corrected chi connectivity index (χ2v) is 6.75. The number of fused-ring (bicyclic) bond motifs is 1. The molecule has 0 spiro atoms. The normalized spacial score (nSPS) is 11.8. The number of rotatable bonds is 6. The fraction of sp³-hybridized carbons (Fsp3) is 0.200. The summed E-state index contributed by atoms with van der Waals surface area (Å²) in [6.45, 7) is 4.28. The Morgan fingerprint density at radius 3 is 2.80 bits per heavy atom. The highest BCUT2D eigenvalue weighted by Crippen LogP contribution is 2.18. The number of aryl methyl sites for hydroxylation is 1. The van der Waals surface area contributed by atoms with E-state index in [9.17, 15) is 9.18 Å². The van der Waals surface area contributed by atoms with Gasteiger partial charge in [-0.2, -0.15) is 4.99 Å². The monoisotopic (exact) mass is 354 g/mol. The summed E-state index contributed by atoms with van der Waals surface area (Å²) in [6, 6.07) is 14.7. The molecule has 3 rings (SSSR count). The van der Waals surface area contributed by atoms with Gasteiger partial charge in [0.25, 0.3) is 0 Å². The smallest absolute Gasteiger partial charge is 0.248 e. The molecule has 1 heterocycles. The summed E-state index contributed by atoms with van der Waals surface area (Å²) in [7, 11) is 0. The fourth-order valence-electron chi connectivity index (χ4n) is 2.69. The Morgan fingerprint density at radius 1 is 1.24 bits per heavy atom. The molecule has 5 heteroatoms. The summed E-state index contributed by atoms with van der Waals surface area (Å²) in [5.74, 6) is -0.444. The molecule has 0 radical (unpaired) electrons. The highest BCUT2D eigenvalue weighted by atomic mass is 32.1. The lowest BCUT2D eigenvalue weighted by molar-refractivity contribution is -0.118. The first-order valence-corrected chi connectivity index (χ1v) is 9.00. The van der Waals surface area contributed by atoms with Gasteiger partial charge in [0, 0.05) is 13.0 Å². The van der Waals surface area contributed by atoms with E-state index in [2.05, 4.69) is 23.7 Å². The number of halogens is 1. The van der Waals surface area contributed by atoms with Crippen LogP contribution in [-0.4, -0.2) is 10.5 Å². The van der Waals surface area contributed by atoms with Crippen LogP contribution in [0.4, 0.5) is 4.39 Å². The van der Waals surface area contributed by atoms with E-state index in [0.29, 0.717) is 17.8 Å². The van der Waals surface area contributed by atoms with Crippen molar-refractivity contribution in [1.82, 2.24) is 4.57 Å². The maximum Gasteiger partial charge on any atom is 0.248 e. The SMILES string of the molecule is C=CCn1c(=NC(=O)CCCc2ccccc2)sc2cc(F)ccc21. The van der Waals surface area contributed by atoms with E-state index in [1.807, 2.05) is 22.8 Å². The molecule has 3 aromatic rings. The maximum atomic E-state index is 13.4. The van der Waals surface area contributed by atoms with E-state index in [-0.39, 0.29) is 11.7 Å². The van der Waals surface area contributed by atoms with Gasteiger partial charge < -0.3 is 4.57 Å². The van der Waals surface area contributed by atoms with Gasteiger partial charge >= 0.3 is 0 Å². The number of hydrogen-bond acceptors (Lipinski definition) is 2. The van der Waals surface area contributed by atoms with E-state index >= 15 is 0 Å². The zero-order valence-corrected chi connectivity index (χ0v) is 14.6. The van der Waals surface area contributed by atoms with Crippen LogP contribution in [0.2, 0.25) is 0 Å². The van der Waals surface area contributed by atoms with Crippen molar-refractivity contribution in [2.24, 2.45) is 4.99 Å². The molecule has 2 aromatic carbocycles. The van der Waals surface area contributed by atoms with E-state index in [1.54, 1.807) is 12.1 Å². The minimum Gasteiger partial charge on any atom is -0.313 e. The molecule has 3 nitrogen and oxygen atoms in total.